The smallest absolute Gasteiger partial charge is 0.241 e. The zero-order chi connectivity index (χ0) is 15.5. The van der Waals surface area contributed by atoms with Crippen molar-refractivity contribution in [2.75, 3.05) is 20.6 Å². The molecule has 1 atom stereocenters. The molecule has 1 aromatic rings. The van der Waals surface area contributed by atoms with Crippen LogP contribution in [0.4, 0.5) is 8.78 Å². The van der Waals surface area contributed by atoms with E-state index in [1.807, 2.05) is 0 Å². The van der Waals surface area contributed by atoms with Crippen molar-refractivity contribution in [3.05, 3.63) is 35.4 Å². The molecule has 4 nitrogen and oxygen atoms in total. The minimum atomic E-state index is -1.03. The maximum Gasteiger partial charge on any atom is 0.241 e. The summed E-state index contributed by atoms with van der Waals surface area (Å²) in [6.07, 6.45) is -1.03. The van der Waals surface area contributed by atoms with E-state index in [0.717, 1.165) is 12.1 Å². The van der Waals surface area contributed by atoms with Crippen LogP contribution >= 0.6 is 0 Å². The monoisotopic (exact) mass is 286 g/mol. The molecule has 0 aliphatic rings. The van der Waals surface area contributed by atoms with Crippen LogP contribution in [0.2, 0.25) is 0 Å². The Bertz CT molecular complexity index is 490. The van der Waals surface area contributed by atoms with Gasteiger partial charge in [0.15, 0.2) is 11.6 Å². The fraction of sp³-hybridized carbons (Fsp3) is 0.500. The van der Waals surface area contributed by atoms with Gasteiger partial charge < -0.3 is 15.3 Å². The predicted molar refractivity (Wildman–Crippen MR) is 72.1 cm³/mol. The third-order valence-electron chi connectivity index (χ3n) is 3.01. The second kappa shape index (κ2) is 6.28. The van der Waals surface area contributed by atoms with E-state index in [1.54, 1.807) is 27.9 Å². The number of benzene rings is 1. The van der Waals surface area contributed by atoms with Gasteiger partial charge in [0.2, 0.25) is 5.91 Å². The number of carbonyl (C=O) groups excluding carboxylic acids is 1. The van der Waals surface area contributed by atoms with Crippen LogP contribution in [0.3, 0.4) is 0 Å². The van der Waals surface area contributed by atoms with Gasteiger partial charge in [-0.1, -0.05) is 6.07 Å². The van der Waals surface area contributed by atoms with Gasteiger partial charge in [-0.15, -0.1) is 0 Å². The maximum absolute atomic E-state index is 13.1. The van der Waals surface area contributed by atoms with Gasteiger partial charge in [0.1, 0.15) is 0 Å². The molecule has 0 aliphatic carbocycles. The molecule has 0 saturated carbocycles. The second-order valence-corrected chi connectivity index (χ2v) is 5.39. The van der Waals surface area contributed by atoms with Gasteiger partial charge in [-0.25, -0.2) is 8.78 Å². The van der Waals surface area contributed by atoms with Gasteiger partial charge in [0, 0.05) is 20.6 Å². The Kier molecular flexibility index (Phi) is 5.19. The van der Waals surface area contributed by atoms with Gasteiger partial charge in [-0.3, -0.25) is 4.79 Å². The highest BCUT2D eigenvalue weighted by Gasteiger charge is 2.29. The summed E-state index contributed by atoms with van der Waals surface area (Å²) >= 11 is 0. The summed E-state index contributed by atoms with van der Waals surface area (Å²) in [5.41, 5.74) is -0.604. The second-order valence-electron chi connectivity index (χ2n) is 5.39. The lowest BCUT2D eigenvalue weighted by Crippen LogP contribution is -2.53. The molecule has 0 aliphatic heterocycles. The van der Waals surface area contributed by atoms with Crippen molar-refractivity contribution >= 4 is 5.91 Å². The van der Waals surface area contributed by atoms with E-state index in [0.29, 0.717) is 0 Å². The largest absolute Gasteiger partial charge is 0.387 e. The van der Waals surface area contributed by atoms with Crippen molar-refractivity contribution in [3.8, 4) is 0 Å². The first-order valence-electron chi connectivity index (χ1n) is 6.25. The third-order valence-corrected chi connectivity index (χ3v) is 3.01. The summed E-state index contributed by atoms with van der Waals surface area (Å²) in [7, 11) is 3.27. The molecule has 0 unspecified atom stereocenters. The Labute approximate surface area is 117 Å². The molecular formula is C14H20F2N2O2. The molecule has 0 saturated heterocycles. The summed E-state index contributed by atoms with van der Waals surface area (Å²) in [4.78, 5) is 13.3. The van der Waals surface area contributed by atoms with Gasteiger partial charge in [-0.2, -0.15) is 0 Å². The van der Waals surface area contributed by atoms with Crippen molar-refractivity contribution in [1.29, 1.82) is 0 Å². The average molecular weight is 286 g/mol. The van der Waals surface area contributed by atoms with Gasteiger partial charge in [-0.05, 0) is 31.5 Å². The summed E-state index contributed by atoms with van der Waals surface area (Å²) in [5, 5.41) is 12.9. The fourth-order valence-electron chi connectivity index (χ4n) is 1.82. The zero-order valence-corrected chi connectivity index (χ0v) is 12.1. The Morgan fingerprint density at radius 2 is 1.95 bits per heavy atom. The van der Waals surface area contributed by atoms with Crippen LogP contribution in [0.25, 0.3) is 0 Å². The Balaban J connectivity index is 2.69. The summed E-state index contributed by atoms with van der Waals surface area (Å²) in [6, 6.07) is 3.22. The maximum atomic E-state index is 13.1. The number of halogens is 2. The van der Waals surface area contributed by atoms with Crippen LogP contribution in [0.1, 0.15) is 25.5 Å². The van der Waals surface area contributed by atoms with Crippen LogP contribution in [-0.4, -0.2) is 42.1 Å². The highest BCUT2D eigenvalue weighted by Crippen LogP contribution is 2.17. The zero-order valence-electron chi connectivity index (χ0n) is 12.1. The first kappa shape index (κ1) is 16.5. The molecule has 6 heteroatoms. The van der Waals surface area contributed by atoms with Gasteiger partial charge >= 0.3 is 0 Å². The highest BCUT2D eigenvalue weighted by molar-refractivity contribution is 5.85. The lowest BCUT2D eigenvalue weighted by molar-refractivity contribution is -0.134. The van der Waals surface area contributed by atoms with Gasteiger partial charge in [0.05, 0.1) is 11.6 Å². The van der Waals surface area contributed by atoms with Crippen LogP contribution < -0.4 is 5.32 Å². The molecule has 0 bridgehead atoms. The molecule has 2 N–H and O–H groups in total. The predicted octanol–water partition coefficient (Wildman–Crippen LogP) is 1.45. The van der Waals surface area contributed by atoms with Crippen LogP contribution in [0.15, 0.2) is 18.2 Å². The molecule has 1 amide bonds. The Hall–Kier alpha value is -1.53. The van der Waals surface area contributed by atoms with E-state index in [9.17, 15) is 18.7 Å². The number of hydrogen-bond donors (Lipinski definition) is 2. The van der Waals surface area contributed by atoms with E-state index < -0.39 is 23.3 Å². The quantitative estimate of drug-likeness (QED) is 0.861. The Morgan fingerprint density at radius 1 is 1.35 bits per heavy atom. The van der Waals surface area contributed by atoms with E-state index in [-0.39, 0.29) is 18.0 Å². The number of hydrogen-bond acceptors (Lipinski definition) is 3. The lowest BCUT2D eigenvalue weighted by Gasteiger charge is -2.29. The van der Waals surface area contributed by atoms with Gasteiger partial charge in [0.25, 0.3) is 0 Å². The Morgan fingerprint density at radius 3 is 2.45 bits per heavy atom. The molecule has 0 spiro atoms. The van der Waals surface area contributed by atoms with Crippen molar-refractivity contribution in [3.63, 3.8) is 0 Å². The van der Waals surface area contributed by atoms with Crippen molar-refractivity contribution in [1.82, 2.24) is 10.2 Å². The normalized spacial score (nSPS) is 13.2. The summed E-state index contributed by atoms with van der Waals surface area (Å²) in [6.45, 7) is 3.43. The van der Waals surface area contributed by atoms with E-state index >= 15 is 0 Å². The van der Waals surface area contributed by atoms with Crippen molar-refractivity contribution in [2.24, 2.45) is 0 Å². The number of amides is 1. The van der Waals surface area contributed by atoms with Crippen LogP contribution in [-0.2, 0) is 4.79 Å². The number of nitrogens with zero attached hydrogens (tertiary/aromatic N) is 1. The minimum Gasteiger partial charge on any atom is -0.387 e. The van der Waals surface area contributed by atoms with Crippen LogP contribution in [0, 0.1) is 11.6 Å². The molecule has 1 rings (SSSR count). The number of likely N-dealkylation sites (N-methyl/N-ethyl adjacent to an activating group) is 1. The minimum absolute atomic E-state index is 0.0532. The van der Waals surface area contributed by atoms with Crippen LogP contribution in [0.5, 0.6) is 0 Å². The van der Waals surface area contributed by atoms with E-state index in [4.69, 9.17) is 0 Å². The molecule has 0 heterocycles. The number of β-amino-alcohol motifs (C(OH)–C–C–N with tert-alkyl or cyclic N) is 1. The van der Waals surface area contributed by atoms with E-state index in [2.05, 4.69) is 5.32 Å². The first-order valence-corrected chi connectivity index (χ1v) is 6.25. The number of nitrogens with one attached hydrogen (secondary N) is 1. The molecule has 112 valence electrons. The number of carbonyl (C=O) groups is 1. The molecular weight excluding hydrogens is 266 g/mol. The number of aliphatic hydroxyl groups is 1. The standard InChI is InChI=1S/C14H20F2N2O2/c1-14(2,13(20)18(3)4)17-8-12(19)9-5-6-10(15)11(16)7-9/h5-7,12,17,19H,8H2,1-4H3/t12-/m1/s1. The third kappa shape index (κ3) is 3.98. The summed E-state index contributed by atoms with van der Waals surface area (Å²) < 4.78 is 25.9. The fourth-order valence-corrected chi connectivity index (χ4v) is 1.82. The number of aliphatic hydroxyl groups excluding tert-OH is 1. The molecule has 0 fully saturated rings. The highest BCUT2D eigenvalue weighted by atomic mass is 19.2. The molecule has 20 heavy (non-hydrogen) atoms. The molecule has 0 radical (unpaired) electrons. The average Bonchev–Trinajstić information content (AvgIpc) is 2.38. The summed E-state index contributed by atoms with van der Waals surface area (Å²) in [5.74, 6) is -2.11. The SMILES string of the molecule is CN(C)C(=O)C(C)(C)NC[C@@H](O)c1ccc(F)c(F)c1. The topological polar surface area (TPSA) is 52.6 Å². The lowest BCUT2D eigenvalue weighted by atomic mass is 10.0. The van der Waals surface area contributed by atoms with Crippen molar-refractivity contribution < 1.29 is 18.7 Å². The molecule has 0 aromatic heterocycles. The van der Waals surface area contributed by atoms with Crippen molar-refractivity contribution in [2.45, 2.75) is 25.5 Å². The van der Waals surface area contributed by atoms with E-state index in [1.165, 1.54) is 11.0 Å². The molecule has 1 aromatic carbocycles. The number of rotatable bonds is 5. The first-order chi connectivity index (χ1) is 9.15.